The molecule has 0 aromatic heterocycles. The predicted molar refractivity (Wildman–Crippen MR) is 56.5 cm³/mol. The molecule has 0 radical (unpaired) electrons. The SMILES string of the molecule is C[C@@H]1SCCCS[C@@]1(C)N=[N+]=[N-]. The number of thioether (sulfide) groups is 2. The summed E-state index contributed by atoms with van der Waals surface area (Å²) in [7, 11) is 0. The quantitative estimate of drug-likeness (QED) is 0.373. The standard InChI is InChI=1S/C7H13N3S2/c1-6-7(2,9-10-8)12-5-3-4-11-6/h6H,3-5H2,1-2H3/t6-,7+/m0/s1. The second-order valence-corrected chi connectivity index (χ2v) is 5.93. The summed E-state index contributed by atoms with van der Waals surface area (Å²) >= 11 is 3.68. The van der Waals surface area contributed by atoms with Crippen molar-refractivity contribution in [3.05, 3.63) is 10.4 Å². The van der Waals surface area contributed by atoms with Crippen molar-refractivity contribution in [1.82, 2.24) is 0 Å². The first-order valence-electron chi connectivity index (χ1n) is 4.01. The molecule has 1 heterocycles. The van der Waals surface area contributed by atoms with E-state index in [2.05, 4.69) is 16.9 Å². The highest BCUT2D eigenvalue weighted by Gasteiger charge is 2.32. The molecule has 3 nitrogen and oxygen atoms in total. The van der Waals surface area contributed by atoms with Gasteiger partial charge in [0.05, 0.1) is 0 Å². The fourth-order valence-electron chi connectivity index (χ4n) is 1.07. The Bertz CT molecular complexity index is 203. The van der Waals surface area contributed by atoms with E-state index in [-0.39, 0.29) is 4.87 Å². The zero-order valence-corrected chi connectivity index (χ0v) is 8.99. The minimum absolute atomic E-state index is 0.240. The van der Waals surface area contributed by atoms with E-state index in [4.69, 9.17) is 5.53 Å². The maximum Gasteiger partial charge on any atom is 0.103 e. The highest BCUT2D eigenvalue weighted by atomic mass is 32.2. The number of azide groups is 1. The van der Waals surface area contributed by atoms with Crippen molar-refractivity contribution >= 4 is 23.5 Å². The average Bonchev–Trinajstić information content (AvgIpc) is 2.17. The van der Waals surface area contributed by atoms with Crippen molar-refractivity contribution < 1.29 is 0 Å². The minimum Gasteiger partial charge on any atom is -0.157 e. The van der Waals surface area contributed by atoms with Gasteiger partial charge in [-0.3, -0.25) is 0 Å². The van der Waals surface area contributed by atoms with Gasteiger partial charge in [-0.05, 0) is 30.4 Å². The molecule has 12 heavy (non-hydrogen) atoms. The largest absolute Gasteiger partial charge is 0.157 e. The monoisotopic (exact) mass is 203 g/mol. The molecule has 1 rings (SSSR count). The van der Waals surface area contributed by atoms with Gasteiger partial charge in [-0.2, -0.15) is 11.8 Å². The van der Waals surface area contributed by atoms with Crippen molar-refractivity contribution in [1.29, 1.82) is 0 Å². The van der Waals surface area contributed by atoms with Crippen LogP contribution in [-0.4, -0.2) is 21.6 Å². The first-order valence-corrected chi connectivity index (χ1v) is 6.04. The van der Waals surface area contributed by atoms with E-state index >= 15 is 0 Å². The van der Waals surface area contributed by atoms with E-state index in [9.17, 15) is 0 Å². The van der Waals surface area contributed by atoms with E-state index < -0.39 is 0 Å². The maximum atomic E-state index is 8.43. The van der Waals surface area contributed by atoms with Crippen LogP contribution in [0.2, 0.25) is 0 Å². The second-order valence-electron chi connectivity index (χ2n) is 2.96. The van der Waals surface area contributed by atoms with E-state index in [0.29, 0.717) is 5.25 Å². The van der Waals surface area contributed by atoms with Crippen molar-refractivity contribution in [3.63, 3.8) is 0 Å². The van der Waals surface area contributed by atoms with Gasteiger partial charge in [-0.1, -0.05) is 12.0 Å². The van der Waals surface area contributed by atoms with Crippen LogP contribution in [0.15, 0.2) is 5.11 Å². The molecule has 0 bridgehead atoms. The third-order valence-electron chi connectivity index (χ3n) is 2.05. The molecule has 1 saturated heterocycles. The van der Waals surface area contributed by atoms with Gasteiger partial charge < -0.3 is 0 Å². The Kier molecular flexibility index (Phi) is 3.62. The van der Waals surface area contributed by atoms with Gasteiger partial charge in [0.15, 0.2) is 0 Å². The van der Waals surface area contributed by atoms with Crippen molar-refractivity contribution in [2.24, 2.45) is 5.11 Å². The van der Waals surface area contributed by atoms with Gasteiger partial charge in [-0.15, -0.1) is 11.8 Å². The fraction of sp³-hybridized carbons (Fsp3) is 1.00. The molecule has 68 valence electrons. The average molecular weight is 203 g/mol. The molecular formula is C7H13N3S2. The van der Waals surface area contributed by atoms with Gasteiger partial charge in [0.1, 0.15) is 4.87 Å². The molecule has 0 unspecified atom stereocenters. The van der Waals surface area contributed by atoms with Crippen LogP contribution in [0.3, 0.4) is 0 Å². The second kappa shape index (κ2) is 4.30. The lowest BCUT2D eigenvalue weighted by Gasteiger charge is -2.27. The molecule has 0 aliphatic carbocycles. The molecule has 1 fully saturated rings. The van der Waals surface area contributed by atoms with E-state index in [1.165, 1.54) is 12.2 Å². The van der Waals surface area contributed by atoms with E-state index in [1.54, 1.807) is 11.8 Å². The summed E-state index contributed by atoms with van der Waals surface area (Å²) in [5.74, 6) is 2.29. The molecule has 0 amide bonds. The Morgan fingerprint density at radius 2 is 2.33 bits per heavy atom. The lowest BCUT2D eigenvalue weighted by Crippen LogP contribution is -2.27. The summed E-state index contributed by atoms with van der Waals surface area (Å²) in [4.78, 5) is 2.67. The van der Waals surface area contributed by atoms with Crippen LogP contribution in [0.4, 0.5) is 0 Å². The first-order chi connectivity index (χ1) is 5.69. The predicted octanol–water partition coefficient (Wildman–Crippen LogP) is 3.27. The van der Waals surface area contributed by atoms with Crippen LogP contribution in [0.1, 0.15) is 20.3 Å². The zero-order valence-electron chi connectivity index (χ0n) is 7.36. The van der Waals surface area contributed by atoms with E-state index in [1.807, 2.05) is 18.7 Å². The van der Waals surface area contributed by atoms with Crippen LogP contribution >= 0.6 is 23.5 Å². The highest BCUT2D eigenvalue weighted by Crippen LogP contribution is 2.40. The lowest BCUT2D eigenvalue weighted by molar-refractivity contribution is 0.664. The highest BCUT2D eigenvalue weighted by molar-refractivity contribution is 8.04. The molecule has 0 saturated carbocycles. The number of rotatable bonds is 1. The molecule has 1 aliphatic rings. The van der Waals surface area contributed by atoms with Gasteiger partial charge in [0.25, 0.3) is 0 Å². The van der Waals surface area contributed by atoms with Gasteiger partial charge in [-0.25, -0.2) is 0 Å². The summed E-state index contributed by atoms with van der Waals surface area (Å²) in [5.41, 5.74) is 8.43. The summed E-state index contributed by atoms with van der Waals surface area (Å²) in [5, 5.41) is 4.30. The summed E-state index contributed by atoms with van der Waals surface area (Å²) in [6.45, 7) is 4.16. The number of hydrogen-bond acceptors (Lipinski definition) is 3. The Hall–Kier alpha value is 0.01000. The van der Waals surface area contributed by atoms with Crippen LogP contribution < -0.4 is 0 Å². The third-order valence-corrected chi connectivity index (χ3v) is 5.19. The number of nitrogens with zero attached hydrogens (tertiary/aromatic N) is 3. The lowest BCUT2D eigenvalue weighted by atomic mass is 10.2. The van der Waals surface area contributed by atoms with Crippen molar-refractivity contribution in [2.75, 3.05) is 11.5 Å². The number of hydrogen-bond donors (Lipinski definition) is 0. The topological polar surface area (TPSA) is 48.8 Å². The zero-order chi connectivity index (χ0) is 9.03. The van der Waals surface area contributed by atoms with Crippen LogP contribution in [0, 0.1) is 0 Å². The molecule has 0 spiro atoms. The Morgan fingerprint density at radius 3 is 3.00 bits per heavy atom. The molecule has 2 atom stereocenters. The molecule has 0 N–H and O–H groups in total. The van der Waals surface area contributed by atoms with E-state index in [0.717, 1.165) is 5.75 Å². The van der Waals surface area contributed by atoms with Crippen LogP contribution in [-0.2, 0) is 0 Å². The van der Waals surface area contributed by atoms with Gasteiger partial charge in [0.2, 0.25) is 0 Å². The Labute approximate surface area is 81.3 Å². The summed E-state index contributed by atoms with van der Waals surface area (Å²) in [6, 6.07) is 0. The maximum absolute atomic E-state index is 8.43. The summed E-state index contributed by atoms with van der Waals surface area (Å²) in [6.07, 6.45) is 1.22. The normalized spacial score (nSPS) is 36.7. The third kappa shape index (κ3) is 2.25. The Morgan fingerprint density at radius 1 is 1.58 bits per heavy atom. The molecule has 1 aliphatic heterocycles. The van der Waals surface area contributed by atoms with Crippen LogP contribution in [0.5, 0.6) is 0 Å². The van der Waals surface area contributed by atoms with Crippen molar-refractivity contribution in [3.8, 4) is 0 Å². The smallest absolute Gasteiger partial charge is 0.103 e. The summed E-state index contributed by atoms with van der Waals surface area (Å²) < 4.78 is 0. The molecule has 0 aromatic rings. The minimum atomic E-state index is -0.240. The molecular weight excluding hydrogens is 190 g/mol. The molecule has 5 heteroatoms. The van der Waals surface area contributed by atoms with Crippen molar-refractivity contribution in [2.45, 2.75) is 30.4 Å². The Balaban J connectivity index is 2.75. The van der Waals surface area contributed by atoms with Gasteiger partial charge in [0, 0.05) is 10.2 Å². The fourth-order valence-corrected chi connectivity index (χ4v) is 3.71. The van der Waals surface area contributed by atoms with Crippen LogP contribution in [0.25, 0.3) is 10.4 Å². The van der Waals surface area contributed by atoms with Gasteiger partial charge >= 0.3 is 0 Å². The molecule has 0 aromatic carbocycles. The first kappa shape index (κ1) is 10.1.